The molecule has 0 unspecified atom stereocenters. The van der Waals surface area contributed by atoms with Crippen LogP contribution in [0.15, 0.2) is 30.3 Å². The van der Waals surface area contributed by atoms with E-state index in [9.17, 15) is 9.18 Å². The zero-order chi connectivity index (χ0) is 18.1. The Bertz CT molecular complexity index is 945. The summed E-state index contributed by atoms with van der Waals surface area (Å²) in [7, 11) is 1.81. The van der Waals surface area contributed by atoms with Gasteiger partial charge in [-0.15, -0.1) is 0 Å². The molecule has 0 radical (unpaired) electrons. The molecule has 3 rings (SSSR count). The van der Waals surface area contributed by atoms with Crippen LogP contribution in [0, 0.1) is 5.82 Å². The fourth-order valence-electron chi connectivity index (χ4n) is 3.01. The van der Waals surface area contributed by atoms with E-state index in [1.807, 2.05) is 33.9 Å². The molecule has 0 aliphatic carbocycles. The molecule has 0 amide bonds. The lowest BCUT2D eigenvalue weighted by Gasteiger charge is -2.11. The summed E-state index contributed by atoms with van der Waals surface area (Å²) in [6.45, 7) is 5.79. The molecule has 0 spiro atoms. The van der Waals surface area contributed by atoms with Gasteiger partial charge in [0.1, 0.15) is 17.0 Å². The van der Waals surface area contributed by atoms with Gasteiger partial charge in [-0.2, -0.15) is 0 Å². The van der Waals surface area contributed by atoms with E-state index >= 15 is 0 Å². The fraction of sp³-hybridized carbons (Fsp3) is 0.300. The largest absolute Gasteiger partial charge is 0.486 e. The normalized spacial score (nSPS) is 11.3. The van der Waals surface area contributed by atoms with Crippen LogP contribution in [0.5, 0.6) is 5.75 Å². The topological polar surface area (TPSA) is 44.1 Å². The van der Waals surface area contributed by atoms with E-state index in [1.54, 1.807) is 22.8 Å². The average molecular weight is 340 g/mol. The Hall–Kier alpha value is -2.69. The molecule has 1 aromatic carbocycles. The molecule has 0 atom stereocenters. The zero-order valence-corrected chi connectivity index (χ0v) is 14.8. The number of aldehydes is 1. The third-order valence-electron chi connectivity index (χ3n) is 4.23. The molecule has 2 heterocycles. The molecule has 25 heavy (non-hydrogen) atoms. The second kappa shape index (κ2) is 6.67. The summed E-state index contributed by atoms with van der Waals surface area (Å²) in [5.74, 6) is 0.129. The Morgan fingerprint density at radius 2 is 2.04 bits per heavy atom. The minimum Gasteiger partial charge on any atom is -0.486 e. The Morgan fingerprint density at radius 1 is 1.32 bits per heavy atom. The molecule has 5 heteroatoms. The molecule has 0 bridgehead atoms. The SMILES string of the molecule is CCc1cc2c(nc1-c1ccccc1F)c(OC(C)C)c(C=O)n2C. The van der Waals surface area contributed by atoms with Crippen LogP contribution in [0.2, 0.25) is 0 Å². The Balaban J connectivity index is 2.36. The van der Waals surface area contributed by atoms with Crippen LogP contribution >= 0.6 is 0 Å². The molecule has 4 nitrogen and oxygen atoms in total. The summed E-state index contributed by atoms with van der Waals surface area (Å²) >= 11 is 0. The van der Waals surface area contributed by atoms with Gasteiger partial charge in [-0.25, -0.2) is 9.37 Å². The highest BCUT2D eigenvalue weighted by Crippen LogP contribution is 2.35. The van der Waals surface area contributed by atoms with Crippen molar-refractivity contribution < 1.29 is 13.9 Å². The number of carbonyl (C=O) groups excluding carboxylic acids is 1. The number of benzene rings is 1. The zero-order valence-electron chi connectivity index (χ0n) is 14.8. The predicted octanol–water partition coefficient (Wildman–Crippen LogP) is 4.54. The van der Waals surface area contributed by atoms with Crippen LogP contribution in [0.1, 0.15) is 36.8 Å². The number of aryl methyl sites for hydroxylation is 2. The van der Waals surface area contributed by atoms with Gasteiger partial charge in [0.15, 0.2) is 12.0 Å². The monoisotopic (exact) mass is 340 g/mol. The third-order valence-corrected chi connectivity index (χ3v) is 4.23. The van der Waals surface area contributed by atoms with E-state index in [4.69, 9.17) is 9.72 Å². The van der Waals surface area contributed by atoms with Crippen molar-refractivity contribution in [3.63, 3.8) is 0 Å². The van der Waals surface area contributed by atoms with E-state index < -0.39 is 0 Å². The quantitative estimate of drug-likeness (QED) is 0.641. The molecular weight excluding hydrogens is 319 g/mol. The Morgan fingerprint density at radius 3 is 2.64 bits per heavy atom. The highest BCUT2D eigenvalue weighted by atomic mass is 19.1. The minimum absolute atomic E-state index is 0.103. The summed E-state index contributed by atoms with van der Waals surface area (Å²) in [4.78, 5) is 16.3. The van der Waals surface area contributed by atoms with Crippen LogP contribution < -0.4 is 4.74 Å². The van der Waals surface area contributed by atoms with Gasteiger partial charge >= 0.3 is 0 Å². The van der Waals surface area contributed by atoms with Crippen LogP contribution in [-0.2, 0) is 13.5 Å². The van der Waals surface area contributed by atoms with E-state index in [-0.39, 0.29) is 11.9 Å². The van der Waals surface area contributed by atoms with Gasteiger partial charge in [0, 0.05) is 12.6 Å². The number of hydrogen-bond donors (Lipinski definition) is 0. The summed E-state index contributed by atoms with van der Waals surface area (Å²) in [5, 5.41) is 0. The van der Waals surface area contributed by atoms with E-state index in [1.165, 1.54) is 6.07 Å². The number of pyridine rings is 1. The molecule has 0 aliphatic heterocycles. The number of carbonyl (C=O) groups is 1. The maximum atomic E-state index is 14.3. The lowest BCUT2D eigenvalue weighted by molar-refractivity contribution is 0.111. The van der Waals surface area contributed by atoms with E-state index in [0.29, 0.717) is 34.6 Å². The first-order chi connectivity index (χ1) is 12.0. The molecule has 0 saturated heterocycles. The number of hydrogen-bond acceptors (Lipinski definition) is 3. The van der Waals surface area contributed by atoms with Crippen molar-refractivity contribution in [3.8, 4) is 17.0 Å². The fourth-order valence-corrected chi connectivity index (χ4v) is 3.01. The Labute approximate surface area is 146 Å². The van der Waals surface area contributed by atoms with Crippen molar-refractivity contribution in [3.05, 3.63) is 47.4 Å². The van der Waals surface area contributed by atoms with Gasteiger partial charge in [0.05, 0.1) is 17.3 Å². The van der Waals surface area contributed by atoms with Crippen LogP contribution in [0.3, 0.4) is 0 Å². The van der Waals surface area contributed by atoms with Gasteiger partial charge in [0.2, 0.25) is 0 Å². The van der Waals surface area contributed by atoms with Gasteiger partial charge in [0.25, 0.3) is 0 Å². The van der Waals surface area contributed by atoms with Gasteiger partial charge in [-0.05, 0) is 44.0 Å². The maximum Gasteiger partial charge on any atom is 0.174 e. The van der Waals surface area contributed by atoms with E-state index in [2.05, 4.69) is 0 Å². The minimum atomic E-state index is -0.318. The molecule has 3 aromatic rings. The molecule has 2 aromatic heterocycles. The molecular formula is C20H21FN2O2. The predicted molar refractivity (Wildman–Crippen MR) is 96.6 cm³/mol. The van der Waals surface area contributed by atoms with Gasteiger partial charge in [-0.1, -0.05) is 19.1 Å². The highest BCUT2D eigenvalue weighted by Gasteiger charge is 2.21. The molecule has 0 N–H and O–H groups in total. The summed E-state index contributed by atoms with van der Waals surface area (Å²) in [6.07, 6.45) is 1.37. The number of halogens is 1. The molecule has 130 valence electrons. The molecule has 0 fully saturated rings. The second-order valence-corrected chi connectivity index (χ2v) is 6.26. The lowest BCUT2D eigenvalue weighted by atomic mass is 10.0. The number of fused-ring (bicyclic) bond motifs is 1. The van der Waals surface area contributed by atoms with Crippen molar-refractivity contribution >= 4 is 17.3 Å². The highest BCUT2D eigenvalue weighted by molar-refractivity contribution is 5.95. The van der Waals surface area contributed by atoms with Crippen LogP contribution in [-0.4, -0.2) is 21.9 Å². The first-order valence-corrected chi connectivity index (χ1v) is 8.36. The van der Waals surface area contributed by atoms with Crippen molar-refractivity contribution in [2.45, 2.75) is 33.3 Å². The second-order valence-electron chi connectivity index (χ2n) is 6.26. The first kappa shape index (κ1) is 17.1. The standard InChI is InChI=1S/C20H21FN2O2/c1-5-13-10-16-19(20(25-12(2)3)17(11-24)23(16)4)22-18(13)14-8-6-7-9-15(14)21/h6-12H,5H2,1-4H3. The van der Waals surface area contributed by atoms with Crippen molar-refractivity contribution in [1.29, 1.82) is 0 Å². The molecule has 0 aliphatic rings. The van der Waals surface area contributed by atoms with Crippen LogP contribution in [0.25, 0.3) is 22.3 Å². The van der Waals surface area contributed by atoms with Crippen LogP contribution in [0.4, 0.5) is 4.39 Å². The van der Waals surface area contributed by atoms with Gasteiger partial charge in [-0.3, -0.25) is 4.79 Å². The Kier molecular flexibility index (Phi) is 4.57. The number of ether oxygens (including phenoxy) is 1. The van der Waals surface area contributed by atoms with Crippen molar-refractivity contribution in [1.82, 2.24) is 9.55 Å². The van der Waals surface area contributed by atoms with Crippen molar-refractivity contribution in [2.75, 3.05) is 0 Å². The summed E-state index contributed by atoms with van der Waals surface area (Å²) in [5.41, 5.74) is 3.78. The number of aromatic nitrogens is 2. The molecule has 0 saturated carbocycles. The van der Waals surface area contributed by atoms with Gasteiger partial charge < -0.3 is 9.30 Å². The van der Waals surface area contributed by atoms with Crippen molar-refractivity contribution in [2.24, 2.45) is 7.05 Å². The lowest BCUT2D eigenvalue weighted by Crippen LogP contribution is -2.07. The number of rotatable bonds is 5. The number of nitrogens with zero attached hydrogens (tertiary/aromatic N) is 2. The third kappa shape index (κ3) is 2.90. The van der Waals surface area contributed by atoms with E-state index in [0.717, 1.165) is 17.4 Å². The maximum absolute atomic E-state index is 14.3. The summed E-state index contributed by atoms with van der Waals surface area (Å²) < 4.78 is 22.0. The summed E-state index contributed by atoms with van der Waals surface area (Å²) in [6, 6.07) is 8.55. The average Bonchev–Trinajstić information content (AvgIpc) is 2.84. The first-order valence-electron chi connectivity index (χ1n) is 8.36. The smallest absolute Gasteiger partial charge is 0.174 e.